The summed E-state index contributed by atoms with van der Waals surface area (Å²) in [6.45, 7) is 0.959. The smallest absolute Gasteiger partial charge is 0.319 e. The average Bonchev–Trinajstić information content (AvgIpc) is 2.91. The number of ether oxygens (including phenoxy) is 1. The van der Waals surface area contributed by atoms with Crippen LogP contribution in [0, 0.1) is 0 Å². The van der Waals surface area contributed by atoms with E-state index in [4.69, 9.17) is 16.3 Å². The molecule has 28 heavy (non-hydrogen) atoms. The largest absolute Gasteiger partial charge is 0.497 e. The van der Waals surface area contributed by atoms with Crippen LogP contribution in [-0.4, -0.2) is 36.2 Å². The Bertz CT molecular complexity index is 813. The maximum Gasteiger partial charge on any atom is 0.319 e. The van der Waals surface area contributed by atoms with Crippen LogP contribution < -0.4 is 15.4 Å². The minimum atomic E-state index is -0.157. The van der Waals surface area contributed by atoms with Crippen molar-refractivity contribution in [2.75, 3.05) is 12.4 Å². The Morgan fingerprint density at radius 3 is 2.50 bits per heavy atom. The molecule has 2 fully saturated rings. The molecule has 148 valence electrons. The van der Waals surface area contributed by atoms with Gasteiger partial charge in [0, 0.05) is 35.4 Å². The van der Waals surface area contributed by atoms with E-state index in [9.17, 15) is 4.79 Å². The average molecular weight is 400 g/mol. The van der Waals surface area contributed by atoms with Gasteiger partial charge in [0.15, 0.2) is 0 Å². The fraction of sp³-hybridized carbons (Fsp3) is 0.409. The molecule has 2 aliphatic rings. The van der Waals surface area contributed by atoms with Gasteiger partial charge in [-0.15, -0.1) is 0 Å². The van der Waals surface area contributed by atoms with Crippen LogP contribution in [0.4, 0.5) is 10.5 Å². The number of piperidine rings is 1. The van der Waals surface area contributed by atoms with Crippen molar-refractivity contribution < 1.29 is 9.53 Å². The molecule has 0 aromatic heterocycles. The van der Waals surface area contributed by atoms with Gasteiger partial charge in [0.2, 0.25) is 0 Å². The third-order valence-corrected chi connectivity index (χ3v) is 6.06. The molecule has 6 heteroatoms. The number of benzene rings is 2. The normalized spacial score (nSPS) is 24.0. The Balaban J connectivity index is 1.32. The lowest BCUT2D eigenvalue weighted by Crippen LogP contribution is -2.50. The number of halogens is 1. The minimum absolute atomic E-state index is 0.157. The number of carbonyl (C=O) groups excluding carboxylic acids is 1. The summed E-state index contributed by atoms with van der Waals surface area (Å²) >= 11 is 5.98. The lowest BCUT2D eigenvalue weighted by Gasteiger charge is -2.39. The number of nitrogens with zero attached hydrogens (tertiary/aromatic N) is 1. The topological polar surface area (TPSA) is 53.6 Å². The molecule has 3 atom stereocenters. The first-order chi connectivity index (χ1) is 13.6. The molecule has 1 unspecified atom stereocenters. The lowest BCUT2D eigenvalue weighted by atomic mass is 9.96. The van der Waals surface area contributed by atoms with Gasteiger partial charge in [0.25, 0.3) is 0 Å². The molecule has 2 bridgehead atoms. The fourth-order valence-electron chi connectivity index (χ4n) is 4.51. The molecule has 4 rings (SSSR count). The predicted octanol–water partition coefficient (Wildman–Crippen LogP) is 4.67. The van der Waals surface area contributed by atoms with Crippen molar-refractivity contribution in [3.8, 4) is 5.75 Å². The molecule has 2 aliphatic heterocycles. The molecule has 0 spiro atoms. The van der Waals surface area contributed by atoms with Gasteiger partial charge in [-0.1, -0.05) is 29.8 Å². The predicted molar refractivity (Wildman–Crippen MR) is 112 cm³/mol. The van der Waals surface area contributed by atoms with E-state index in [2.05, 4.69) is 27.7 Å². The second-order valence-electron chi connectivity index (χ2n) is 7.68. The number of amides is 2. The summed E-state index contributed by atoms with van der Waals surface area (Å²) in [5.41, 5.74) is 2.02. The van der Waals surface area contributed by atoms with Crippen LogP contribution in [0.15, 0.2) is 48.5 Å². The Morgan fingerprint density at radius 1 is 1.14 bits per heavy atom. The van der Waals surface area contributed by atoms with Gasteiger partial charge in [-0.3, -0.25) is 4.90 Å². The maximum absolute atomic E-state index is 12.4. The maximum atomic E-state index is 12.4. The fourth-order valence-corrected chi connectivity index (χ4v) is 4.70. The summed E-state index contributed by atoms with van der Waals surface area (Å²) in [6.07, 6.45) is 4.40. The Morgan fingerprint density at radius 2 is 1.86 bits per heavy atom. The Hall–Kier alpha value is -2.24. The van der Waals surface area contributed by atoms with Gasteiger partial charge in [-0.25, -0.2) is 4.79 Å². The van der Waals surface area contributed by atoms with Crippen LogP contribution in [0.25, 0.3) is 0 Å². The van der Waals surface area contributed by atoms with Gasteiger partial charge in [-0.2, -0.15) is 0 Å². The number of nitrogens with one attached hydrogen (secondary N) is 2. The van der Waals surface area contributed by atoms with E-state index < -0.39 is 0 Å². The first-order valence-corrected chi connectivity index (χ1v) is 10.2. The number of hydrogen-bond acceptors (Lipinski definition) is 3. The number of hydrogen-bond donors (Lipinski definition) is 2. The van der Waals surface area contributed by atoms with Gasteiger partial charge in [-0.05, 0) is 61.6 Å². The van der Waals surface area contributed by atoms with Crippen molar-refractivity contribution in [2.24, 2.45) is 0 Å². The van der Waals surface area contributed by atoms with Crippen molar-refractivity contribution in [1.82, 2.24) is 10.2 Å². The van der Waals surface area contributed by atoms with Crippen molar-refractivity contribution in [3.05, 3.63) is 59.1 Å². The molecule has 0 aliphatic carbocycles. The summed E-state index contributed by atoms with van der Waals surface area (Å²) in [6, 6.07) is 16.6. The summed E-state index contributed by atoms with van der Waals surface area (Å²) < 4.78 is 5.25. The van der Waals surface area contributed by atoms with Crippen LogP contribution >= 0.6 is 11.6 Å². The number of urea groups is 1. The zero-order valence-corrected chi connectivity index (χ0v) is 16.8. The molecule has 2 aromatic rings. The van der Waals surface area contributed by atoms with E-state index in [0.29, 0.717) is 22.8 Å². The van der Waals surface area contributed by atoms with E-state index >= 15 is 0 Å². The number of fused-ring (bicyclic) bond motifs is 2. The highest BCUT2D eigenvalue weighted by Gasteiger charge is 2.40. The van der Waals surface area contributed by atoms with E-state index in [0.717, 1.165) is 25.1 Å². The molecule has 2 amide bonds. The van der Waals surface area contributed by atoms with Gasteiger partial charge < -0.3 is 15.4 Å². The van der Waals surface area contributed by atoms with Crippen molar-refractivity contribution in [3.63, 3.8) is 0 Å². The highest BCUT2D eigenvalue weighted by atomic mass is 35.5. The van der Waals surface area contributed by atoms with Gasteiger partial charge >= 0.3 is 6.03 Å². The number of anilines is 1. The summed E-state index contributed by atoms with van der Waals surface area (Å²) in [4.78, 5) is 15.0. The second-order valence-corrected chi connectivity index (χ2v) is 8.12. The molecule has 0 radical (unpaired) electrons. The van der Waals surface area contributed by atoms with Crippen LogP contribution in [0.5, 0.6) is 5.75 Å². The molecule has 2 aromatic carbocycles. The highest BCUT2D eigenvalue weighted by Crippen LogP contribution is 2.37. The molecule has 2 N–H and O–H groups in total. The van der Waals surface area contributed by atoms with E-state index in [1.54, 1.807) is 19.2 Å². The number of rotatable bonds is 5. The lowest BCUT2D eigenvalue weighted by molar-refractivity contribution is 0.112. The Labute approximate surface area is 171 Å². The van der Waals surface area contributed by atoms with E-state index in [-0.39, 0.29) is 12.1 Å². The molecule has 5 nitrogen and oxygen atoms in total. The summed E-state index contributed by atoms with van der Waals surface area (Å²) in [5, 5.41) is 6.65. The standard InChI is InChI=1S/C22H26ClN3O2/c1-28-21-9-5-15(6-10-21)14-26-19-7-8-20(26)13-18(12-19)25-22(27)24-17-4-2-3-16(23)11-17/h2-6,9-11,18-20H,7-8,12-14H2,1H3,(H2,24,25,27)/t18?,19-,20+. The first-order valence-electron chi connectivity index (χ1n) is 9.82. The quantitative estimate of drug-likeness (QED) is 0.768. The number of carbonyl (C=O) groups is 1. The van der Waals surface area contributed by atoms with Crippen LogP contribution in [0.1, 0.15) is 31.2 Å². The second kappa shape index (κ2) is 8.41. The molecule has 2 heterocycles. The van der Waals surface area contributed by atoms with Crippen LogP contribution in [0.3, 0.4) is 0 Å². The monoisotopic (exact) mass is 399 g/mol. The molecular formula is C22H26ClN3O2. The number of methoxy groups -OCH3 is 1. The first kappa shape index (κ1) is 19.1. The van der Waals surface area contributed by atoms with E-state index in [1.807, 2.05) is 24.3 Å². The Kier molecular flexibility index (Phi) is 5.74. The van der Waals surface area contributed by atoms with Crippen LogP contribution in [-0.2, 0) is 6.54 Å². The van der Waals surface area contributed by atoms with E-state index in [1.165, 1.54) is 18.4 Å². The third-order valence-electron chi connectivity index (χ3n) is 5.83. The van der Waals surface area contributed by atoms with Gasteiger partial charge in [0.05, 0.1) is 7.11 Å². The minimum Gasteiger partial charge on any atom is -0.497 e. The molecule has 0 saturated carbocycles. The van der Waals surface area contributed by atoms with Gasteiger partial charge in [0.1, 0.15) is 5.75 Å². The van der Waals surface area contributed by atoms with Crippen LogP contribution in [0.2, 0.25) is 5.02 Å². The molecular weight excluding hydrogens is 374 g/mol. The zero-order chi connectivity index (χ0) is 19.5. The van der Waals surface area contributed by atoms with Crippen molar-refractivity contribution in [2.45, 2.75) is 50.4 Å². The summed E-state index contributed by atoms with van der Waals surface area (Å²) in [5.74, 6) is 0.889. The summed E-state index contributed by atoms with van der Waals surface area (Å²) in [7, 11) is 1.69. The van der Waals surface area contributed by atoms with Crippen molar-refractivity contribution in [1.29, 1.82) is 0 Å². The SMILES string of the molecule is COc1ccc(CN2[C@@H]3CC[C@H]2CC(NC(=O)Nc2cccc(Cl)c2)C3)cc1. The third kappa shape index (κ3) is 4.42. The van der Waals surface area contributed by atoms with Crippen molar-refractivity contribution >= 4 is 23.3 Å². The zero-order valence-electron chi connectivity index (χ0n) is 16.0. The highest BCUT2D eigenvalue weighted by molar-refractivity contribution is 6.30. The molecule has 2 saturated heterocycles.